The molecule has 0 saturated carbocycles. The highest BCUT2D eigenvalue weighted by Crippen LogP contribution is 2.20. The molecular formula is C16H28N2O3. The largest absolute Gasteiger partial charge is 0.376 e. The van der Waals surface area contributed by atoms with Gasteiger partial charge < -0.3 is 19.7 Å². The average Bonchev–Trinajstić information content (AvgIpc) is 3.20. The van der Waals surface area contributed by atoms with E-state index >= 15 is 0 Å². The molecule has 3 fully saturated rings. The van der Waals surface area contributed by atoms with Crippen LogP contribution in [0.3, 0.4) is 0 Å². The van der Waals surface area contributed by atoms with Crippen molar-refractivity contribution in [2.75, 3.05) is 39.4 Å². The van der Waals surface area contributed by atoms with Gasteiger partial charge in [0.05, 0.1) is 18.1 Å². The first kappa shape index (κ1) is 15.3. The van der Waals surface area contributed by atoms with Crippen LogP contribution < -0.4 is 5.32 Å². The molecule has 3 saturated heterocycles. The van der Waals surface area contributed by atoms with Gasteiger partial charge in [-0.05, 0) is 45.1 Å². The molecule has 5 heteroatoms. The molecule has 3 heterocycles. The summed E-state index contributed by atoms with van der Waals surface area (Å²) < 4.78 is 11.5. The van der Waals surface area contributed by atoms with Crippen molar-refractivity contribution in [2.45, 2.75) is 50.7 Å². The van der Waals surface area contributed by atoms with Gasteiger partial charge in [0.2, 0.25) is 5.91 Å². The van der Waals surface area contributed by atoms with Gasteiger partial charge in [-0.2, -0.15) is 0 Å². The van der Waals surface area contributed by atoms with Gasteiger partial charge in [-0.25, -0.2) is 0 Å². The standard InChI is InChI=1S/C16H28N2O3/c19-16(13-4-1-7-17-10-13)18(11-14-5-2-8-20-14)12-15-6-3-9-21-15/h13-15,17H,1-12H2/t13-,14?,15?/m0/s1. The molecule has 3 rings (SSSR count). The minimum atomic E-state index is 0.140. The van der Waals surface area contributed by atoms with Gasteiger partial charge in [-0.15, -0.1) is 0 Å². The van der Waals surface area contributed by atoms with Crippen LogP contribution in [0.1, 0.15) is 38.5 Å². The van der Waals surface area contributed by atoms with Gasteiger partial charge in [-0.3, -0.25) is 4.79 Å². The van der Waals surface area contributed by atoms with Crippen molar-refractivity contribution in [1.82, 2.24) is 10.2 Å². The van der Waals surface area contributed by atoms with Crippen molar-refractivity contribution >= 4 is 5.91 Å². The summed E-state index contributed by atoms with van der Waals surface area (Å²) in [6.45, 7) is 5.05. The smallest absolute Gasteiger partial charge is 0.227 e. The first-order chi connectivity index (χ1) is 10.3. The Labute approximate surface area is 127 Å². The highest BCUT2D eigenvalue weighted by atomic mass is 16.5. The second-order valence-electron chi connectivity index (χ2n) is 6.56. The molecule has 0 bridgehead atoms. The first-order valence-corrected chi connectivity index (χ1v) is 8.55. The highest BCUT2D eigenvalue weighted by Gasteiger charge is 2.31. The summed E-state index contributed by atoms with van der Waals surface area (Å²) in [6, 6.07) is 0. The van der Waals surface area contributed by atoms with E-state index in [0.29, 0.717) is 5.91 Å². The van der Waals surface area contributed by atoms with Crippen molar-refractivity contribution in [3.63, 3.8) is 0 Å². The number of rotatable bonds is 5. The number of nitrogens with one attached hydrogen (secondary N) is 1. The topological polar surface area (TPSA) is 50.8 Å². The Kier molecular flexibility index (Phi) is 5.49. The van der Waals surface area contributed by atoms with Crippen LogP contribution in [-0.4, -0.2) is 62.4 Å². The van der Waals surface area contributed by atoms with E-state index in [1.54, 1.807) is 0 Å². The lowest BCUT2D eigenvalue weighted by atomic mass is 9.97. The maximum absolute atomic E-state index is 12.8. The van der Waals surface area contributed by atoms with Crippen LogP contribution in [0.25, 0.3) is 0 Å². The van der Waals surface area contributed by atoms with Crippen molar-refractivity contribution < 1.29 is 14.3 Å². The summed E-state index contributed by atoms with van der Waals surface area (Å²) in [5.74, 6) is 0.440. The molecule has 3 atom stereocenters. The summed E-state index contributed by atoms with van der Waals surface area (Å²) >= 11 is 0. The van der Waals surface area contributed by atoms with E-state index in [-0.39, 0.29) is 18.1 Å². The SMILES string of the molecule is O=C([C@H]1CCCNC1)N(CC1CCCO1)CC1CCCO1. The zero-order valence-electron chi connectivity index (χ0n) is 12.9. The second-order valence-corrected chi connectivity index (χ2v) is 6.56. The number of ether oxygens (including phenoxy) is 2. The van der Waals surface area contributed by atoms with Gasteiger partial charge in [0, 0.05) is 32.8 Å². The van der Waals surface area contributed by atoms with Crippen molar-refractivity contribution in [3.05, 3.63) is 0 Å². The Morgan fingerprint density at radius 1 is 1.00 bits per heavy atom. The summed E-state index contributed by atoms with van der Waals surface area (Å²) in [5, 5.41) is 3.35. The molecule has 2 unspecified atom stereocenters. The molecule has 21 heavy (non-hydrogen) atoms. The van der Waals surface area contributed by atoms with Crippen LogP contribution in [0.2, 0.25) is 0 Å². The van der Waals surface area contributed by atoms with E-state index in [2.05, 4.69) is 5.32 Å². The number of hydrogen-bond donors (Lipinski definition) is 1. The lowest BCUT2D eigenvalue weighted by Gasteiger charge is -2.32. The summed E-state index contributed by atoms with van der Waals surface area (Å²) in [5.41, 5.74) is 0. The highest BCUT2D eigenvalue weighted by molar-refractivity contribution is 5.79. The lowest BCUT2D eigenvalue weighted by molar-refractivity contribution is -0.139. The number of carbonyl (C=O) groups excluding carboxylic acids is 1. The van der Waals surface area contributed by atoms with Crippen LogP contribution >= 0.6 is 0 Å². The summed E-state index contributed by atoms with van der Waals surface area (Å²) in [4.78, 5) is 14.9. The van der Waals surface area contributed by atoms with E-state index in [0.717, 1.165) is 77.9 Å². The molecule has 0 aromatic rings. The molecule has 0 aliphatic carbocycles. The van der Waals surface area contributed by atoms with Crippen molar-refractivity contribution in [1.29, 1.82) is 0 Å². The Morgan fingerprint density at radius 2 is 1.67 bits per heavy atom. The third kappa shape index (κ3) is 4.18. The zero-order valence-corrected chi connectivity index (χ0v) is 12.9. The molecule has 120 valence electrons. The van der Waals surface area contributed by atoms with Crippen molar-refractivity contribution in [2.24, 2.45) is 5.92 Å². The molecule has 3 aliphatic heterocycles. The quantitative estimate of drug-likeness (QED) is 0.827. The van der Waals surface area contributed by atoms with Crippen LogP contribution in [0.5, 0.6) is 0 Å². The van der Waals surface area contributed by atoms with Gasteiger partial charge in [0.15, 0.2) is 0 Å². The fourth-order valence-electron chi connectivity index (χ4n) is 3.64. The van der Waals surface area contributed by atoms with E-state index < -0.39 is 0 Å². The predicted octanol–water partition coefficient (Wildman–Crippen LogP) is 1.17. The number of amides is 1. The van der Waals surface area contributed by atoms with Gasteiger partial charge in [-0.1, -0.05) is 0 Å². The Morgan fingerprint density at radius 3 is 2.14 bits per heavy atom. The third-order valence-corrected chi connectivity index (χ3v) is 4.85. The maximum atomic E-state index is 12.8. The molecule has 1 amide bonds. The normalized spacial score (nSPS) is 33.2. The molecule has 1 N–H and O–H groups in total. The van der Waals surface area contributed by atoms with Gasteiger partial charge in [0.1, 0.15) is 0 Å². The third-order valence-electron chi connectivity index (χ3n) is 4.85. The van der Waals surface area contributed by atoms with Crippen LogP contribution in [-0.2, 0) is 14.3 Å². The molecule has 5 nitrogen and oxygen atoms in total. The summed E-state index contributed by atoms with van der Waals surface area (Å²) in [7, 11) is 0. The van der Waals surface area contributed by atoms with E-state index in [9.17, 15) is 4.79 Å². The minimum Gasteiger partial charge on any atom is -0.376 e. The molecule has 0 aromatic heterocycles. The van der Waals surface area contributed by atoms with Crippen LogP contribution in [0, 0.1) is 5.92 Å². The van der Waals surface area contributed by atoms with E-state index in [1.807, 2.05) is 4.90 Å². The Hall–Kier alpha value is -0.650. The van der Waals surface area contributed by atoms with Gasteiger partial charge in [0.25, 0.3) is 0 Å². The average molecular weight is 296 g/mol. The minimum absolute atomic E-state index is 0.140. The first-order valence-electron chi connectivity index (χ1n) is 8.55. The molecular weight excluding hydrogens is 268 g/mol. The monoisotopic (exact) mass is 296 g/mol. The number of hydrogen-bond acceptors (Lipinski definition) is 4. The Balaban J connectivity index is 1.59. The Bertz CT molecular complexity index is 314. The number of nitrogens with zero attached hydrogens (tertiary/aromatic N) is 1. The zero-order chi connectivity index (χ0) is 14.5. The molecule has 0 aromatic carbocycles. The molecule has 0 radical (unpaired) electrons. The van der Waals surface area contributed by atoms with E-state index in [1.165, 1.54) is 0 Å². The van der Waals surface area contributed by atoms with Crippen molar-refractivity contribution in [3.8, 4) is 0 Å². The van der Waals surface area contributed by atoms with Gasteiger partial charge >= 0.3 is 0 Å². The fourth-order valence-corrected chi connectivity index (χ4v) is 3.64. The summed E-state index contributed by atoms with van der Waals surface area (Å²) in [6.07, 6.45) is 6.98. The number of piperidine rings is 1. The molecule has 3 aliphatic rings. The van der Waals surface area contributed by atoms with Crippen LogP contribution in [0.15, 0.2) is 0 Å². The molecule has 0 spiro atoms. The van der Waals surface area contributed by atoms with Crippen LogP contribution in [0.4, 0.5) is 0 Å². The number of carbonyl (C=O) groups is 1. The lowest BCUT2D eigenvalue weighted by Crippen LogP contribution is -2.48. The van der Waals surface area contributed by atoms with E-state index in [4.69, 9.17) is 9.47 Å². The second kappa shape index (κ2) is 7.56. The predicted molar refractivity (Wildman–Crippen MR) is 80.1 cm³/mol. The fraction of sp³-hybridized carbons (Fsp3) is 0.938. The maximum Gasteiger partial charge on any atom is 0.227 e.